The molecule has 0 saturated carbocycles. The number of hydrogen-bond acceptors (Lipinski definition) is 5. The highest BCUT2D eigenvalue weighted by atomic mass is 16.5. The minimum atomic E-state index is -0.178. The summed E-state index contributed by atoms with van der Waals surface area (Å²) in [5.41, 5.74) is 1.34. The molecule has 5 heteroatoms. The summed E-state index contributed by atoms with van der Waals surface area (Å²) in [4.78, 5) is 19.0. The first-order valence-electron chi connectivity index (χ1n) is 9.40. The number of ketones is 1. The van der Waals surface area contributed by atoms with Crippen LogP contribution in [0.25, 0.3) is 6.08 Å². The van der Waals surface area contributed by atoms with Crippen LogP contribution < -0.4 is 9.47 Å². The van der Waals surface area contributed by atoms with Crippen molar-refractivity contribution in [2.24, 2.45) is 0 Å². The average molecular weight is 388 g/mol. The largest absolute Gasteiger partial charge is 0.488 e. The molecule has 0 aliphatic rings. The van der Waals surface area contributed by atoms with Gasteiger partial charge in [-0.2, -0.15) is 0 Å². The van der Waals surface area contributed by atoms with Crippen LogP contribution in [0.15, 0.2) is 79.0 Å². The van der Waals surface area contributed by atoms with E-state index in [2.05, 4.69) is 4.98 Å². The second kappa shape index (κ2) is 10.2. The Balaban J connectivity index is 1.78. The third-order valence-electron chi connectivity index (χ3n) is 4.12. The number of hydrogen-bond donors (Lipinski definition) is 0. The van der Waals surface area contributed by atoms with Crippen molar-refractivity contribution in [2.75, 3.05) is 27.2 Å². The molecule has 1 aromatic heterocycles. The average Bonchev–Trinajstić information content (AvgIpc) is 2.74. The van der Waals surface area contributed by atoms with Crippen LogP contribution >= 0.6 is 0 Å². The van der Waals surface area contributed by atoms with Gasteiger partial charge in [0.05, 0.1) is 5.56 Å². The molecule has 148 valence electrons. The van der Waals surface area contributed by atoms with E-state index in [0.29, 0.717) is 23.7 Å². The number of ether oxygens (including phenoxy) is 2. The third-order valence-corrected chi connectivity index (χ3v) is 4.12. The summed E-state index contributed by atoms with van der Waals surface area (Å²) in [5, 5.41) is 0. The van der Waals surface area contributed by atoms with Gasteiger partial charge in [0.25, 0.3) is 0 Å². The molecule has 0 aliphatic carbocycles. The van der Waals surface area contributed by atoms with Crippen molar-refractivity contribution in [3.05, 3.63) is 90.1 Å². The highest BCUT2D eigenvalue weighted by molar-refractivity contribution is 6.08. The van der Waals surface area contributed by atoms with Crippen LogP contribution in [0.4, 0.5) is 0 Å². The van der Waals surface area contributed by atoms with E-state index in [1.165, 1.54) is 6.08 Å². The lowest BCUT2D eigenvalue weighted by Crippen LogP contribution is -2.19. The Morgan fingerprint density at radius 3 is 2.45 bits per heavy atom. The SMILES string of the molecule is CN(C)CCOc1ccccc1Oc1ncccc1C(=O)C=Cc1ccccc1. The molecule has 0 radical (unpaired) electrons. The van der Waals surface area contributed by atoms with Gasteiger partial charge in [-0.15, -0.1) is 0 Å². The molecule has 0 N–H and O–H groups in total. The van der Waals surface area contributed by atoms with Crippen molar-refractivity contribution in [1.82, 2.24) is 9.88 Å². The van der Waals surface area contributed by atoms with Crippen molar-refractivity contribution in [1.29, 1.82) is 0 Å². The number of aromatic nitrogens is 1. The lowest BCUT2D eigenvalue weighted by atomic mass is 10.1. The number of carbonyl (C=O) groups is 1. The summed E-state index contributed by atoms with van der Waals surface area (Å²) in [6.45, 7) is 1.31. The summed E-state index contributed by atoms with van der Waals surface area (Å²) in [6.07, 6.45) is 4.90. The zero-order valence-corrected chi connectivity index (χ0v) is 16.6. The van der Waals surface area contributed by atoms with Crippen LogP contribution in [-0.2, 0) is 0 Å². The van der Waals surface area contributed by atoms with E-state index in [1.54, 1.807) is 30.5 Å². The van der Waals surface area contributed by atoms with Crippen LogP contribution in [-0.4, -0.2) is 42.9 Å². The first-order chi connectivity index (χ1) is 14.1. The maximum Gasteiger partial charge on any atom is 0.230 e. The Morgan fingerprint density at radius 2 is 1.69 bits per heavy atom. The van der Waals surface area contributed by atoms with Gasteiger partial charge in [-0.1, -0.05) is 48.5 Å². The van der Waals surface area contributed by atoms with Crippen molar-refractivity contribution < 1.29 is 14.3 Å². The standard InChI is InChI=1S/C24H24N2O3/c1-26(2)17-18-28-22-12-6-7-13-23(22)29-24-20(11-8-16-25-24)21(27)15-14-19-9-4-3-5-10-19/h3-16H,17-18H2,1-2H3. The number of rotatable bonds is 9. The molecule has 0 atom stereocenters. The summed E-state index contributed by atoms with van der Waals surface area (Å²) >= 11 is 0. The van der Waals surface area contributed by atoms with E-state index in [9.17, 15) is 4.79 Å². The van der Waals surface area contributed by atoms with Crippen molar-refractivity contribution in [2.45, 2.75) is 0 Å². The fourth-order valence-corrected chi connectivity index (χ4v) is 2.58. The molecule has 1 heterocycles. The molecule has 0 saturated heterocycles. The van der Waals surface area contributed by atoms with Crippen LogP contribution in [0, 0.1) is 0 Å². The van der Waals surface area contributed by atoms with Crippen molar-refractivity contribution >= 4 is 11.9 Å². The van der Waals surface area contributed by atoms with E-state index >= 15 is 0 Å². The van der Waals surface area contributed by atoms with Gasteiger partial charge >= 0.3 is 0 Å². The number of likely N-dealkylation sites (N-methyl/N-ethyl adjacent to an activating group) is 1. The monoisotopic (exact) mass is 388 g/mol. The molecule has 3 aromatic rings. The highest BCUT2D eigenvalue weighted by Crippen LogP contribution is 2.32. The van der Waals surface area contributed by atoms with E-state index in [1.807, 2.05) is 67.5 Å². The predicted molar refractivity (Wildman–Crippen MR) is 115 cm³/mol. The predicted octanol–water partition coefficient (Wildman–Crippen LogP) is 4.71. The van der Waals surface area contributed by atoms with Crippen molar-refractivity contribution in [3.8, 4) is 17.4 Å². The molecular weight excluding hydrogens is 364 g/mol. The van der Waals surface area contributed by atoms with E-state index in [0.717, 1.165) is 12.1 Å². The second-order valence-electron chi connectivity index (χ2n) is 6.66. The highest BCUT2D eigenvalue weighted by Gasteiger charge is 2.14. The number of para-hydroxylation sites is 2. The molecule has 0 bridgehead atoms. The summed E-state index contributed by atoms with van der Waals surface area (Å²) in [5.74, 6) is 1.20. The Kier molecular flexibility index (Phi) is 7.14. The van der Waals surface area contributed by atoms with Gasteiger partial charge in [-0.05, 0) is 50.0 Å². The van der Waals surface area contributed by atoms with E-state index in [-0.39, 0.29) is 11.7 Å². The van der Waals surface area contributed by atoms with E-state index in [4.69, 9.17) is 9.47 Å². The lowest BCUT2D eigenvalue weighted by Gasteiger charge is -2.14. The molecule has 3 rings (SSSR count). The molecule has 2 aromatic carbocycles. The summed E-state index contributed by atoms with van der Waals surface area (Å²) < 4.78 is 11.8. The molecular formula is C24H24N2O3. The topological polar surface area (TPSA) is 51.7 Å². The first-order valence-corrected chi connectivity index (χ1v) is 9.40. The molecule has 0 fully saturated rings. The zero-order chi connectivity index (χ0) is 20.5. The van der Waals surface area contributed by atoms with E-state index < -0.39 is 0 Å². The van der Waals surface area contributed by atoms with Gasteiger partial charge < -0.3 is 14.4 Å². The number of nitrogens with zero attached hydrogens (tertiary/aromatic N) is 2. The Hall–Kier alpha value is -3.44. The first kappa shape index (κ1) is 20.3. The van der Waals surface area contributed by atoms with Gasteiger partial charge in [-0.25, -0.2) is 4.98 Å². The molecule has 29 heavy (non-hydrogen) atoms. The van der Waals surface area contributed by atoms with Gasteiger partial charge in [0.2, 0.25) is 5.88 Å². The Morgan fingerprint density at radius 1 is 0.966 bits per heavy atom. The number of allylic oxidation sites excluding steroid dienone is 1. The third kappa shape index (κ3) is 6.02. The second-order valence-corrected chi connectivity index (χ2v) is 6.66. The van der Waals surface area contributed by atoms with Gasteiger partial charge in [0, 0.05) is 12.7 Å². The van der Waals surface area contributed by atoms with Gasteiger partial charge in [0.1, 0.15) is 6.61 Å². The molecule has 0 aliphatic heterocycles. The quantitative estimate of drug-likeness (QED) is 0.392. The maximum absolute atomic E-state index is 12.7. The van der Waals surface area contributed by atoms with Crippen LogP contribution in [0.2, 0.25) is 0 Å². The number of benzene rings is 2. The van der Waals surface area contributed by atoms with Gasteiger partial charge in [-0.3, -0.25) is 4.79 Å². The zero-order valence-electron chi connectivity index (χ0n) is 16.6. The smallest absolute Gasteiger partial charge is 0.230 e. The number of carbonyl (C=O) groups excluding carboxylic acids is 1. The van der Waals surface area contributed by atoms with Gasteiger partial charge in [0.15, 0.2) is 17.3 Å². The van der Waals surface area contributed by atoms with Crippen LogP contribution in [0.5, 0.6) is 17.4 Å². The van der Waals surface area contributed by atoms with Crippen molar-refractivity contribution in [3.63, 3.8) is 0 Å². The Bertz CT molecular complexity index is 969. The molecule has 0 unspecified atom stereocenters. The van der Waals surface area contributed by atoms with Crippen LogP contribution in [0.1, 0.15) is 15.9 Å². The molecule has 5 nitrogen and oxygen atoms in total. The summed E-state index contributed by atoms with van der Waals surface area (Å²) in [7, 11) is 3.97. The summed E-state index contributed by atoms with van der Waals surface area (Å²) in [6, 6.07) is 20.5. The fraction of sp³-hybridized carbons (Fsp3) is 0.167. The number of pyridine rings is 1. The molecule has 0 spiro atoms. The minimum absolute atomic E-state index is 0.178. The van der Waals surface area contributed by atoms with Crippen LogP contribution in [0.3, 0.4) is 0 Å². The maximum atomic E-state index is 12.7. The molecule has 0 amide bonds. The fourth-order valence-electron chi connectivity index (χ4n) is 2.58. The lowest BCUT2D eigenvalue weighted by molar-refractivity contribution is 0.104. The Labute approximate surface area is 171 Å². The minimum Gasteiger partial charge on any atom is -0.488 e. The normalized spacial score (nSPS) is 11.0.